The first-order valence-corrected chi connectivity index (χ1v) is 10.8. The standard InChI is InChI=1S/C23H24F2N4O3/c1-13(15-3-2-4-19-16(15)5-8-23(19,24)25)27-21(30)18-12-29(14-6-9-32-10-7-14)22(31)17-11-26-28-20(17)18/h2-4,11-14H,5-10H2,1H3,(H,26,28)(H,27,30)/t13-/m1/s1. The Kier molecular flexibility index (Phi) is 5.08. The number of pyridine rings is 1. The molecule has 5 rings (SSSR count). The molecule has 1 amide bonds. The number of carbonyl (C=O) groups excluding carboxylic acids is 1. The molecule has 2 aromatic heterocycles. The van der Waals surface area contributed by atoms with Crippen LogP contribution in [0.2, 0.25) is 0 Å². The highest BCUT2D eigenvalue weighted by atomic mass is 19.3. The maximum Gasteiger partial charge on any atom is 0.273 e. The summed E-state index contributed by atoms with van der Waals surface area (Å²) in [5, 5.41) is 10.00. The molecule has 1 fully saturated rings. The highest BCUT2D eigenvalue weighted by Crippen LogP contribution is 2.43. The van der Waals surface area contributed by atoms with Gasteiger partial charge in [0.15, 0.2) is 0 Å². The van der Waals surface area contributed by atoms with Crippen LogP contribution < -0.4 is 10.9 Å². The average molecular weight is 442 g/mol. The van der Waals surface area contributed by atoms with Crippen LogP contribution in [0.15, 0.2) is 35.4 Å². The van der Waals surface area contributed by atoms with Crippen molar-refractivity contribution in [1.29, 1.82) is 0 Å². The number of benzene rings is 1. The Labute approximate surface area is 182 Å². The van der Waals surface area contributed by atoms with Gasteiger partial charge in [-0.1, -0.05) is 18.2 Å². The lowest BCUT2D eigenvalue weighted by Crippen LogP contribution is -2.32. The van der Waals surface area contributed by atoms with Crippen LogP contribution in [0, 0.1) is 0 Å². The van der Waals surface area contributed by atoms with E-state index in [0.717, 1.165) is 0 Å². The summed E-state index contributed by atoms with van der Waals surface area (Å²) in [5.41, 5.74) is 1.80. The lowest BCUT2D eigenvalue weighted by Gasteiger charge is -2.25. The van der Waals surface area contributed by atoms with Crippen LogP contribution in [0.1, 0.15) is 65.3 Å². The van der Waals surface area contributed by atoms with Crippen molar-refractivity contribution in [2.24, 2.45) is 0 Å². The molecule has 3 aromatic rings. The summed E-state index contributed by atoms with van der Waals surface area (Å²) in [6, 6.07) is 4.30. The minimum absolute atomic E-state index is 0.0418. The summed E-state index contributed by atoms with van der Waals surface area (Å²) in [6.45, 7) is 2.90. The van der Waals surface area contributed by atoms with Crippen molar-refractivity contribution in [3.05, 3.63) is 63.2 Å². The van der Waals surface area contributed by atoms with Gasteiger partial charge >= 0.3 is 0 Å². The Morgan fingerprint density at radius 1 is 1.34 bits per heavy atom. The van der Waals surface area contributed by atoms with Gasteiger partial charge < -0.3 is 14.6 Å². The SMILES string of the molecule is C[C@@H](NC(=O)c1cn(C2CCOCC2)c(=O)c2cn[nH]c12)c1cccc2c1CCC2(F)F. The fourth-order valence-corrected chi connectivity index (χ4v) is 4.86. The molecule has 32 heavy (non-hydrogen) atoms. The van der Waals surface area contributed by atoms with Gasteiger partial charge in [0.2, 0.25) is 0 Å². The molecular weight excluding hydrogens is 418 g/mol. The Morgan fingerprint density at radius 2 is 2.12 bits per heavy atom. The molecule has 0 saturated carbocycles. The van der Waals surface area contributed by atoms with Crippen molar-refractivity contribution < 1.29 is 18.3 Å². The lowest BCUT2D eigenvalue weighted by atomic mass is 9.97. The van der Waals surface area contributed by atoms with Gasteiger partial charge in [-0.15, -0.1) is 0 Å². The van der Waals surface area contributed by atoms with E-state index in [0.29, 0.717) is 53.6 Å². The van der Waals surface area contributed by atoms with E-state index in [1.165, 1.54) is 12.3 Å². The molecule has 0 unspecified atom stereocenters. The zero-order chi connectivity index (χ0) is 22.5. The van der Waals surface area contributed by atoms with Crippen molar-refractivity contribution in [2.75, 3.05) is 13.2 Å². The smallest absolute Gasteiger partial charge is 0.273 e. The van der Waals surface area contributed by atoms with Gasteiger partial charge in [0.1, 0.15) is 0 Å². The van der Waals surface area contributed by atoms with E-state index in [-0.39, 0.29) is 30.0 Å². The average Bonchev–Trinajstić information content (AvgIpc) is 3.40. The zero-order valence-corrected chi connectivity index (χ0v) is 17.7. The fourth-order valence-electron chi connectivity index (χ4n) is 4.86. The molecule has 2 N–H and O–H groups in total. The number of amides is 1. The third-order valence-corrected chi connectivity index (χ3v) is 6.58. The van der Waals surface area contributed by atoms with E-state index in [4.69, 9.17) is 4.74 Å². The van der Waals surface area contributed by atoms with Crippen molar-refractivity contribution in [3.63, 3.8) is 0 Å². The third-order valence-electron chi connectivity index (χ3n) is 6.58. The summed E-state index contributed by atoms with van der Waals surface area (Å²) in [6.07, 6.45) is 4.43. The first kappa shape index (κ1) is 20.8. The number of rotatable bonds is 4. The van der Waals surface area contributed by atoms with Crippen LogP contribution in [-0.2, 0) is 17.1 Å². The third kappa shape index (κ3) is 3.40. The topological polar surface area (TPSA) is 89.0 Å². The maximum atomic E-state index is 14.2. The Balaban J connectivity index is 1.48. The summed E-state index contributed by atoms with van der Waals surface area (Å²) >= 11 is 0. The first-order valence-electron chi connectivity index (χ1n) is 10.8. The summed E-state index contributed by atoms with van der Waals surface area (Å²) < 4.78 is 35.3. The normalized spacial score (nSPS) is 19.1. The molecule has 1 atom stereocenters. The maximum absolute atomic E-state index is 14.2. The van der Waals surface area contributed by atoms with E-state index in [1.54, 1.807) is 29.8 Å². The molecule has 2 aliphatic rings. The molecule has 0 radical (unpaired) electrons. The monoisotopic (exact) mass is 442 g/mol. The van der Waals surface area contributed by atoms with Gasteiger partial charge in [-0.05, 0) is 37.3 Å². The van der Waals surface area contributed by atoms with Gasteiger partial charge in [0.05, 0.1) is 28.7 Å². The molecule has 1 saturated heterocycles. The van der Waals surface area contributed by atoms with Crippen LogP contribution in [0.25, 0.3) is 10.9 Å². The van der Waals surface area contributed by atoms with Crippen LogP contribution in [0.4, 0.5) is 8.78 Å². The Hall–Kier alpha value is -3.07. The second-order valence-electron chi connectivity index (χ2n) is 8.53. The summed E-state index contributed by atoms with van der Waals surface area (Å²) in [7, 11) is 0. The number of carbonyl (C=O) groups is 1. The molecule has 0 spiro atoms. The van der Waals surface area contributed by atoms with Crippen LogP contribution in [-0.4, -0.2) is 33.9 Å². The van der Waals surface area contributed by atoms with Gasteiger partial charge in [0.25, 0.3) is 17.4 Å². The Bertz CT molecular complexity index is 1240. The molecule has 7 nitrogen and oxygen atoms in total. The summed E-state index contributed by atoms with van der Waals surface area (Å²) in [4.78, 5) is 26.2. The minimum atomic E-state index is -2.84. The number of H-pyrrole nitrogens is 1. The largest absolute Gasteiger partial charge is 0.381 e. The number of ether oxygens (including phenoxy) is 1. The van der Waals surface area contributed by atoms with E-state index in [9.17, 15) is 18.4 Å². The van der Waals surface area contributed by atoms with Crippen molar-refractivity contribution in [2.45, 2.75) is 50.6 Å². The quantitative estimate of drug-likeness (QED) is 0.646. The van der Waals surface area contributed by atoms with Gasteiger partial charge in [0, 0.05) is 37.4 Å². The highest BCUT2D eigenvalue weighted by Gasteiger charge is 2.40. The van der Waals surface area contributed by atoms with Gasteiger partial charge in [-0.2, -0.15) is 5.10 Å². The van der Waals surface area contributed by atoms with Crippen LogP contribution >= 0.6 is 0 Å². The number of aromatic nitrogens is 3. The number of aromatic amines is 1. The molecule has 168 valence electrons. The lowest BCUT2D eigenvalue weighted by molar-refractivity contribution is -0.00185. The van der Waals surface area contributed by atoms with Crippen molar-refractivity contribution in [1.82, 2.24) is 20.1 Å². The van der Waals surface area contributed by atoms with Crippen LogP contribution in [0.5, 0.6) is 0 Å². The number of fused-ring (bicyclic) bond motifs is 2. The first-order chi connectivity index (χ1) is 15.4. The predicted molar refractivity (Wildman–Crippen MR) is 114 cm³/mol. The molecular formula is C23H24F2N4O3. The molecule has 1 aliphatic carbocycles. The van der Waals surface area contributed by atoms with Gasteiger partial charge in [-0.25, -0.2) is 8.78 Å². The number of hydrogen-bond donors (Lipinski definition) is 2. The number of alkyl halides is 2. The second kappa shape index (κ2) is 7.81. The summed E-state index contributed by atoms with van der Waals surface area (Å²) in [5.74, 6) is -3.23. The van der Waals surface area contributed by atoms with E-state index in [2.05, 4.69) is 15.5 Å². The molecule has 1 aromatic carbocycles. The fraction of sp³-hybridized carbons (Fsp3) is 0.435. The zero-order valence-electron chi connectivity index (χ0n) is 17.7. The molecule has 9 heteroatoms. The second-order valence-corrected chi connectivity index (χ2v) is 8.53. The highest BCUT2D eigenvalue weighted by molar-refractivity contribution is 6.05. The van der Waals surface area contributed by atoms with Crippen LogP contribution in [0.3, 0.4) is 0 Å². The molecule has 1 aliphatic heterocycles. The minimum Gasteiger partial charge on any atom is -0.381 e. The van der Waals surface area contributed by atoms with Crippen molar-refractivity contribution >= 4 is 16.8 Å². The van der Waals surface area contributed by atoms with E-state index in [1.807, 2.05) is 0 Å². The van der Waals surface area contributed by atoms with Gasteiger partial charge in [-0.3, -0.25) is 14.7 Å². The van der Waals surface area contributed by atoms with Crippen molar-refractivity contribution in [3.8, 4) is 0 Å². The van der Waals surface area contributed by atoms with E-state index >= 15 is 0 Å². The number of nitrogens with zero attached hydrogens (tertiary/aromatic N) is 2. The Morgan fingerprint density at radius 3 is 2.91 bits per heavy atom. The number of nitrogens with one attached hydrogen (secondary N) is 2. The number of halogens is 2. The number of hydrogen-bond acceptors (Lipinski definition) is 4. The molecule has 3 heterocycles. The molecule has 0 bridgehead atoms. The predicted octanol–water partition coefficient (Wildman–Crippen LogP) is 3.61. The van der Waals surface area contributed by atoms with E-state index < -0.39 is 17.9 Å².